The molecule has 0 aliphatic rings. The van der Waals surface area contributed by atoms with E-state index in [0.29, 0.717) is 17.2 Å². The Morgan fingerprint density at radius 2 is 2.10 bits per heavy atom. The van der Waals surface area contributed by atoms with E-state index < -0.39 is 0 Å². The van der Waals surface area contributed by atoms with E-state index in [1.54, 1.807) is 24.3 Å². The highest BCUT2D eigenvalue weighted by Crippen LogP contribution is 2.23. The zero-order valence-corrected chi connectivity index (χ0v) is 11.8. The molecule has 0 aromatic heterocycles. The number of aryl methyl sites for hydroxylation is 1. The van der Waals surface area contributed by atoms with Crippen molar-refractivity contribution in [2.24, 2.45) is 5.84 Å². The number of carbonyl (C=O) groups is 1. The molecule has 5 heteroatoms. The number of carbonyl (C=O) groups excluding carboxylic acids is 1. The van der Waals surface area contributed by atoms with Crippen LogP contribution in [0, 0.1) is 6.92 Å². The number of halogens is 1. The van der Waals surface area contributed by atoms with Gasteiger partial charge in [-0.3, -0.25) is 10.2 Å². The number of hydrogen-bond acceptors (Lipinski definition) is 3. The van der Waals surface area contributed by atoms with Crippen LogP contribution in [0.15, 0.2) is 42.5 Å². The average molecular weight is 291 g/mol. The minimum Gasteiger partial charge on any atom is -0.489 e. The monoisotopic (exact) mass is 290 g/mol. The van der Waals surface area contributed by atoms with E-state index in [9.17, 15) is 4.79 Å². The van der Waals surface area contributed by atoms with Crippen LogP contribution in [0.5, 0.6) is 5.75 Å². The van der Waals surface area contributed by atoms with Gasteiger partial charge in [-0.25, -0.2) is 5.84 Å². The summed E-state index contributed by atoms with van der Waals surface area (Å²) in [5.41, 5.74) is 4.48. The highest BCUT2D eigenvalue weighted by Gasteiger charge is 2.05. The second-order valence-corrected chi connectivity index (χ2v) is 4.81. The van der Waals surface area contributed by atoms with Gasteiger partial charge < -0.3 is 4.74 Å². The van der Waals surface area contributed by atoms with Crippen LogP contribution in [-0.2, 0) is 6.61 Å². The molecule has 0 heterocycles. The van der Waals surface area contributed by atoms with Crippen molar-refractivity contribution in [1.82, 2.24) is 5.43 Å². The fourth-order valence-electron chi connectivity index (χ4n) is 1.78. The molecule has 104 valence electrons. The van der Waals surface area contributed by atoms with Gasteiger partial charge in [0.25, 0.3) is 5.91 Å². The number of nitrogens with one attached hydrogen (secondary N) is 1. The first-order valence-corrected chi connectivity index (χ1v) is 6.47. The summed E-state index contributed by atoms with van der Waals surface area (Å²) in [6, 6.07) is 12.6. The van der Waals surface area contributed by atoms with E-state index in [0.717, 1.165) is 16.9 Å². The molecule has 2 rings (SSSR count). The van der Waals surface area contributed by atoms with Crippen molar-refractivity contribution in [2.75, 3.05) is 0 Å². The summed E-state index contributed by atoms with van der Waals surface area (Å²) in [6.45, 7) is 2.30. The Bertz CT molecular complexity index is 629. The maximum atomic E-state index is 11.4. The lowest BCUT2D eigenvalue weighted by molar-refractivity contribution is 0.0953. The predicted octanol–water partition coefficient (Wildman–Crippen LogP) is 2.83. The summed E-state index contributed by atoms with van der Waals surface area (Å²) >= 11 is 5.94. The fraction of sp³-hybridized carbons (Fsp3) is 0.133. The van der Waals surface area contributed by atoms with Gasteiger partial charge in [0.15, 0.2) is 0 Å². The maximum absolute atomic E-state index is 11.4. The SMILES string of the molecule is Cc1ccc(Cl)cc1OCc1cccc(C(=O)NN)c1. The largest absolute Gasteiger partial charge is 0.489 e. The van der Waals surface area contributed by atoms with E-state index in [1.807, 2.05) is 25.1 Å². The molecule has 2 aromatic carbocycles. The van der Waals surface area contributed by atoms with Crippen LogP contribution in [0.1, 0.15) is 21.5 Å². The number of nitrogen functional groups attached to an aromatic ring is 1. The van der Waals surface area contributed by atoms with Gasteiger partial charge in [-0.1, -0.05) is 29.8 Å². The Kier molecular flexibility index (Phi) is 4.61. The molecule has 0 fully saturated rings. The molecule has 2 aromatic rings. The van der Waals surface area contributed by atoms with Gasteiger partial charge in [0, 0.05) is 10.6 Å². The Hall–Kier alpha value is -2.04. The van der Waals surface area contributed by atoms with Gasteiger partial charge in [-0.2, -0.15) is 0 Å². The molecule has 0 radical (unpaired) electrons. The van der Waals surface area contributed by atoms with Crippen molar-refractivity contribution in [3.8, 4) is 5.75 Å². The molecule has 0 spiro atoms. The van der Waals surface area contributed by atoms with Crippen LogP contribution in [0.2, 0.25) is 5.02 Å². The number of amides is 1. The third-order valence-corrected chi connectivity index (χ3v) is 3.10. The number of benzene rings is 2. The summed E-state index contributed by atoms with van der Waals surface area (Å²) in [5, 5.41) is 0.627. The summed E-state index contributed by atoms with van der Waals surface area (Å²) < 4.78 is 5.72. The number of rotatable bonds is 4. The van der Waals surface area contributed by atoms with Crippen LogP contribution in [0.3, 0.4) is 0 Å². The third kappa shape index (κ3) is 3.50. The molecule has 0 atom stereocenters. The van der Waals surface area contributed by atoms with E-state index in [1.165, 1.54) is 0 Å². The first-order valence-electron chi connectivity index (χ1n) is 6.09. The zero-order chi connectivity index (χ0) is 14.5. The molecule has 1 amide bonds. The molecule has 0 saturated carbocycles. The van der Waals surface area contributed by atoms with Crippen LogP contribution in [-0.4, -0.2) is 5.91 Å². The van der Waals surface area contributed by atoms with Crippen molar-refractivity contribution in [1.29, 1.82) is 0 Å². The fourth-order valence-corrected chi connectivity index (χ4v) is 1.94. The molecule has 4 nitrogen and oxygen atoms in total. The Balaban J connectivity index is 2.11. The molecular formula is C15H15ClN2O2. The van der Waals surface area contributed by atoms with Crippen molar-refractivity contribution in [2.45, 2.75) is 13.5 Å². The van der Waals surface area contributed by atoms with E-state index in [4.69, 9.17) is 22.2 Å². The lowest BCUT2D eigenvalue weighted by Crippen LogP contribution is -2.30. The highest BCUT2D eigenvalue weighted by molar-refractivity contribution is 6.30. The lowest BCUT2D eigenvalue weighted by Gasteiger charge is -2.10. The molecule has 0 unspecified atom stereocenters. The van der Waals surface area contributed by atoms with Crippen molar-refractivity contribution >= 4 is 17.5 Å². The van der Waals surface area contributed by atoms with Gasteiger partial charge in [0.05, 0.1) is 0 Å². The van der Waals surface area contributed by atoms with E-state index >= 15 is 0 Å². The Morgan fingerprint density at radius 3 is 2.85 bits per heavy atom. The first kappa shape index (κ1) is 14.4. The third-order valence-electron chi connectivity index (χ3n) is 2.86. The molecular weight excluding hydrogens is 276 g/mol. The van der Waals surface area contributed by atoms with Gasteiger partial charge in [0.1, 0.15) is 12.4 Å². The van der Waals surface area contributed by atoms with Gasteiger partial charge >= 0.3 is 0 Å². The van der Waals surface area contributed by atoms with Gasteiger partial charge in [-0.15, -0.1) is 0 Å². The van der Waals surface area contributed by atoms with Crippen LogP contribution in [0.25, 0.3) is 0 Å². The quantitative estimate of drug-likeness (QED) is 0.517. The summed E-state index contributed by atoms with van der Waals surface area (Å²) in [6.07, 6.45) is 0. The van der Waals surface area contributed by atoms with Crippen LogP contribution >= 0.6 is 11.6 Å². The van der Waals surface area contributed by atoms with Crippen LogP contribution in [0.4, 0.5) is 0 Å². The smallest absolute Gasteiger partial charge is 0.265 e. The average Bonchev–Trinajstić information content (AvgIpc) is 2.47. The van der Waals surface area contributed by atoms with E-state index in [-0.39, 0.29) is 5.91 Å². The second-order valence-electron chi connectivity index (χ2n) is 4.37. The number of hydrogen-bond donors (Lipinski definition) is 2. The summed E-state index contributed by atoms with van der Waals surface area (Å²) in [4.78, 5) is 11.4. The Morgan fingerprint density at radius 1 is 1.30 bits per heavy atom. The molecule has 3 N–H and O–H groups in total. The van der Waals surface area contributed by atoms with Gasteiger partial charge in [0.2, 0.25) is 0 Å². The van der Waals surface area contributed by atoms with E-state index in [2.05, 4.69) is 5.43 Å². The van der Waals surface area contributed by atoms with Crippen molar-refractivity contribution in [3.63, 3.8) is 0 Å². The minimum absolute atomic E-state index is 0.328. The molecule has 0 aliphatic heterocycles. The highest BCUT2D eigenvalue weighted by atomic mass is 35.5. The zero-order valence-electron chi connectivity index (χ0n) is 11.0. The van der Waals surface area contributed by atoms with Crippen molar-refractivity contribution in [3.05, 3.63) is 64.2 Å². The normalized spacial score (nSPS) is 10.2. The molecule has 0 aliphatic carbocycles. The molecule has 0 bridgehead atoms. The lowest BCUT2D eigenvalue weighted by atomic mass is 10.1. The topological polar surface area (TPSA) is 64.3 Å². The second kappa shape index (κ2) is 6.41. The number of hydrazine groups is 1. The predicted molar refractivity (Wildman–Crippen MR) is 78.6 cm³/mol. The van der Waals surface area contributed by atoms with Crippen molar-refractivity contribution < 1.29 is 9.53 Å². The van der Waals surface area contributed by atoms with Crippen LogP contribution < -0.4 is 16.0 Å². The van der Waals surface area contributed by atoms with Gasteiger partial charge in [-0.05, 0) is 42.3 Å². The standard InChI is InChI=1S/C15H15ClN2O2/c1-10-5-6-13(16)8-14(10)20-9-11-3-2-4-12(7-11)15(19)18-17/h2-8H,9,17H2,1H3,(H,18,19). The minimum atomic E-state index is -0.328. The maximum Gasteiger partial charge on any atom is 0.265 e. The summed E-state index contributed by atoms with van der Waals surface area (Å²) in [5.74, 6) is 5.51. The number of ether oxygens (including phenoxy) is 1. The molecule has 0 saturated heterocycles. The first-order chi connectivity index (χ1) is 9.60. The summed E-state index contributed by atoms with van der Waals surface area (Å²) in [7, 11) is 0. The molecule has 20 heavy (non-hydrogen) atoms. The Labute approximate surface area is 122 Å². The number of nitrogens with two attached hydrogens (primary N) is 1.